The van der Waals surface area contributed by atoms with Gasteiger partial charge in [0.2, 0.25) is 11.1 Å². The van der Waals surface area contributed by atoms with Gasteiger partial charge in [-0.15, -0.1) is 0 Å². The molecule has 0 aliphatic rings. The number of rotatable bonds is 8. The number of alkyl halides is 2. The Morgan fingerprint density at radius 2 is 2.16 bits per heavy atom. The van der Waals surface area contributed by atoms with Crippen LogP contribution in [-0.2, 0) is 17.8 Å². The number of halogens is 3. The van der Waals surface area contributed by atoms with E-state index in [-0.39, 0.29) is 35.6 Å². The van der Waals surface area contributed by atoms with Crippen LogP contribution < -0.4 is 14.8 Å². The van der Waals surface area contributed by atoms with E-state index in [1.807, 2.05) is 0 Å². The van der Waals surface area contributed by atoms with Crippen molar-refractivity contribution in [3.63, 3.8) is 0 Å². The Kier molecular flexibility index (Phi) is 6.58. The molecule has 136 valence electrons. The molecule has 1 amide bonds. The number of aryl methyl sites for hydroxylation is 1. The molecular formula is C16H17ClF2N2O4. The molecule has 0 aliphatic heterocycles. The third-order valence-corrected chi connectivity index (χ3v) is 3.77. The van der Waals surface area contributed by atoms with Crippen molar-refractivity contribution in [3.05, 3.63) is 40.2 Å². The summed E-state index contributed by atoms with van der Waals surface area (Å²) in [6.45, 7) is -1.06. The van der Waals surface area contributed by atoms with E-state index in [4.69, 9.17) is 20.9 Å². The largest absolute Gasteiger partial charge is 0.493 e. The molecule has 25 heavy (non-hydrogen) atoms. The van der Waals surface area contributed by atoms with Crippen molar-refractivity contribution in [1.29, 1.82) is 0 Å². The fraction of sp³-hybridized carbons (Fsp3) is 0.375. The highest BCUT2D eigenvalue weighted by molar-refractivity contribution is 6.29. The average molecular weight is 375 g/mol. The van der Waals surface area contributed by atoms with Gasteiger partial charge in [-0.3, -0.25) is 4.79 Å². The zero-order valence-electron chi connectivity index (χ0n) is 13.6. The molecular weight excluding hydrogens is 358 g/mol. The number of carbonyl (C=O) groups excluding carboxylic acids is 1. The summed E-state index contributed by atoms with van der Waals surface area (Å²) in [7, 11) is 1.35. The van der Waals surface area contributed by atoms with E-state index in [0.717, 1.165) is 0 Å². The summed E-state index contributed by atoms with van der Waals surface area (Å²) in [5, 5.41) is 6.59. The van der Waals surface area contributed by atoms with Gasteiger partial charge in [0.25, 0.3) is 0 Å². The average Bonchev–Trinajstić information content (AvgIpc) is 2.89. The number of nitrogens with one attached hydrogen (secondary N) is 1. The number of amides is 1. The van der Waals surface area contributed by atoms with Gasteiger partial charge < -0.3 is 19.3 Å². The lowest BCUT2D eigenvalue weighted by atomic mass is 10.1. The number of ether oxygens (including phenoxy) is 2. The Hall–Kier alpha value is -2.35. The summed E-state index contributed by atoms with van der Waals surface area (Å²) < 4.78 is 39.0. The van der Waals surface area contributed by atoms with Crippen molar-refractivity contribution in [2.24, 2.45) is 0 Å². The monoisotopic (exact) mass is 374 g/mol. The zero-order chi connectivity index (χ0) is 18.4. The number of nitrogens with zero attached hydrogens (tertiary/aromatic N) is 1. The number of carbonyl (C=O) groups is 1. The summed E-state index contributed by atoms with van der Waals surface area (Å²) in [5.74, 6) is -0.118. The molecule has 0 fully saturated rings. The van der Waals surface area contributed by atoms with E-state index in [2.05, 4.69) is 15.2 Å². The summed E-state index contributed by atoms with van der Waals surface area (Å²) >= 11 is 5.84. The fourth-order valence-electron chi connectivity index (χ4n) is 2.19. The maximum atomic E-state index is 12.4. The number of hydrogen-bond donors (Lipinski definition) is 1. The highest BCUT2D eigenvalue weighted by atomic mass is 35.5. The van der Waals surface area contributed by atoms with Crippen LogP contribution in [0.2, 0.25) is 5.22 Å². The van der Waals surface area contributed by atoms with Crippen molar-refractivity contribution in [2.75, 3.05) is 7.11 Å². The molecule has 1 aromatic heterocycles. The van der Waals surface area contributed by atoms with Gasteiger partial charge in [-0.25, -0.2) is 0 Å². The van der Waals surface area contributed by atoms with E-state index < -0.39 is 6.61 Å². The van der Waals surface area contributed by atoms with Crippen molar-refractivity contribution >= 4 is 17.5 Å². The Morgan fingerprint density at radius 1 is 1.40 bits per heavy atom. The van der Waals surface area contributed by atoms with Crippen molar-refractivity contribution in [2.45, 2.75) is 32.9 Å². The molecule has 0 atom stereocenters. The Bertz CT molecular complexity index is 717. The van der Waals surface area contributed by atoms with Crippen LogP contribution >= 0.6 is 11.6 Å². The molecule has 2 rings (SSSR count). The van der Waals surface area contributed by atoms with Crippen molar-refractivity contribution in [1.82, 2.24) is 10.5 Å². The van der Waals surface area contributed by atoms with Crippen molar-refractivity contribution < 1.29 is 27.6 Å². The van der Waals surface area contributed by atoms with Gasteiger partial charge in [0.05, 0.1) is 12.8 Å². The fourth-order valence-corrected chi connectivity index (χ4v) is 2.45. The van der Waals surface area contributed by atoms with Crippen molar-refractivity contribution in [3.8, 4) is 11.5 Å². The molecule has 2 aromatic rings. The number of benzene rings is 1. The number of hydrogen-bond acceptors (Lipinski definition) is 5. The smallest absolute Gasteiger partial charge is 0.387 e. The van der Waals surface area contributed by atoms with E-state index in [0.29, 0.717) is 23.2 Å². The van der Waals surface area contributed by atoms with Gasteiger partial charge in [-0.05, 0) is 42.6 Å². The van der Waals surface area contributed by atoms with Gasteiger partial charge in [-0.1, -0.05) is 11.2 Å². The molecule has 0 bridgehead atoms. The van der Waals surface area contributed by atoms with Crippen LogP contribution in [0, 0.1) is 6.92 Å². The number of aromatic nitrogens is 1. The Morgan fingerprint density at radius 3 is 2.76 bits per heavy atom. The van der Waals surface area contributed by atoms with Crippen LogP contribution in [-0.4, -0.2) is 24.8 Å². The van der Waals surface area contributed by atoms with Gasteiger partial charge in [0.15, 0.2) is 11.5 Å². The second kappa shape index (κ2) is 8.66. The second-order valence-electron chi connectivity index (χ2n) is 5.16. The van der Waals surface area contributed by atoms with Gasteiger partial charge in [-0.2, -0.15) is 8.78 Å². The first-order valence-electron chi connectivity index (χ1n) is 7.39. The second-order valence-corrected chi connectivity index (χ2v) is 5.50. The van der Waals surface area contributed by atoms with Crippen LogP contribution in [0.3, 0.4) is 0 Å². The van der Waals surface area contributed by atoms with E-state index in [9.17, 15) is 13.6 Å². The molecule has 0 spiro atoms. The molecule has 0 radical (unpaired) electrons. The highest BCUT2D eigenvalue weighted by Crippen LogP contribution is 2.29. The molecule has 0 unspecified atom stereocenters. The van der Waals surface area contributed by atoms with Crippen LogP contribution in [0.15, 0.2) is 22.7 Å². The Labute approximate surface area is 148 Å². The first-order chi connectivity index (χ1) is 11.9. The van der Waals surface area contributed by atoms with Gasteiger partial charge in [0, 0.05) is 18.5 Å². The summed E-state index contributed by atoms with van der Waals surface area (Å²) in [6, 6.07) is 4.55. The van der Waals surface area contributed by atoms with Gasteiger partial charge in [0.1, 0.15) is 0 Å². The lowest BCUT2D eigenvalue weighted by Gasteiger charge is -2.12. The number of methoxy groups -OCH3 is 1. The van der Waals surface area contributed by atoms with E-state index >= 15 is 0 Å². The van der Waals surface area contributed by atoms with E-state index in [1.165, 1.54) is 19.2 Å². The lowest BCUT2D eigenvalue weighted by Crippen LogP contribution is -2.23. The quantitative estimate of drug-likeness (QED) is 0.765. The molecule has 0 aliphatic carbocycles. The standard InChI is InChI=1S/C16H17ClF2N2O4/c1-9-11(15(17)25-21-9)4-6-14(22)20-8-10-3-5-12(23-2)13(7-10)24-16(18)19/h3,5,7,16H,4,6,8H2,1-2H3,(H,20,22). The predicted molar refractivity (Wildman–Crippen MR) is 86.0 cm³/mol. The van der Waals surface area contributed by atoms with Crippen LogP contribution in [0.25, 0.3) is 0 Å². The third kappa shape index (κ3) is 5.32. The zero-order valence-corrected chi connectivity index (χ0v) is 14.4. The molecule has 9 heteroatoms. The molecule has 1 aromatic carbocycles. The SMILES string of the molecule is COc1ccc(CNC(=O)CCc2c(C)noc2Cl)cc1OC(F)F. The van der Waals surface area contributed by atoms with Crippen LogP contribution in [0.5, 0.6) is 11.5 Å². The van der Waals surface area contributed by atoms with Gasteiger partial charge >= 0.3 is 6.61 Å². The topological polar surface area (TPSA) is 73.6 Å². The highest BCUT2D eigenvalue weighted by Gasteiger charge is 2.14. The minimum absolute atomic E-state index is 0.0869. The predicted octanol–water partition coefficient (Wildman–Crippen LogP) is 3.50. The van der Waals surface area contributed by atoms with Crippen LogP contribution in [0.4, 0.5) is 8.78 Å². The molecule has 0 saturated heterocycles. The molecule has 1 heterocycles. The van der Waals surface area contributed by atoms with Crippen LogP contribution in [0.1, 0.15) is 23.2 Å². The first-order valence-corrected chi connectivity index (χ1v) is 7.77. The summed E-state index contributed by atoms with van der Waals surface area (Å²) in [4.78, 5) is 11.9. The first kappa shape index (κ1) is 19.0. The molecule has 1 N–H and O–H groups in total. The maximum absolute atomic E-state index is 12.4. The Balaban J connectivity index is 1.91. The third-order valence-electron chi connectivity index (χ3n) is 3.47. The minimum atomic E-state index is -2.96. The van der Waals surface area contributed by atoms with E-state index in [1.54, 1.807) is 13.0 Å². The molecule has 6 nitrogen and oxygen atoms in total. The normalized spacial score (nSPS) is 10.8. The maximum Gasteiger partial charge on any atom is 0.387 e. The minimum Gasteiger partial charge on any atom is -0.493 e. The summed E-state index contributed by atoms with van der Waals surface area (Å²) in [6.07, 6.45) is 0.584. The molecule has 0 saturated carbocycles. The summed E-state index contributed by atoms with van der Waals surface area (Å²) in [5.41, 5.74) is 1.93. The lowest BCUT2D eigenvalue weighted by molar-refractivity contribution is -0.121.